The van der Waals surface area contributed by atoms with Crippen LogP contribution in [0.2, 0.25) is 0 Å². The summed E-state index contributed by atoms with van der Waals surface area (Å²) >= 11 is 0. The summed E-state index contributed by atoms with van der Waals surface area (Å²) in [5.41, 5.74) is 1.10. The third-order valence-electron chi connectivity index (χ3n) is 3.54. The molecule has 0 aliphatic carbocycles. The third kappa shape index (κ3) is 3.03. The standard InChI is InChI=1S/C16H21NO2/c1-12(2)8-4-3-7-11-17-15(18)13-9-5-6-10-14(13)16(17)19/h5-6,9-10,12H,3-4,7-8,11H2,1-2H3. The number of imide groups is 1. The quantitative estimate of drug-likeness (QED) is 0.579. The minimum Gasteiger partial charge on any atom is -0.274 e. The van der Waals surface area contributed by atoms with Crippen molar-refractivity contribution in [1.82, 2.24) is 4.90 Å². The molecule has 1 aromatic rings. The van der Waals surface area contributed by atoms with Gasteiger partial charge in [0.2, 0.25) is 0 Å². The van der Waals surface area contributed by atoms with E-state index in [4.69, 9.17) is 0 Å². The van der Waals surface area contributed by atoms with Gasteiger partial charge < -0.3 is 0 Å². The summed E-state index contributed by atoms with van der Waals surface area (Å²) in [6.45, 7) is 4.97. The van der Waals surface area contributed by atoms with Crippen LogP contribution >= 0.6 is 0 Å². The molecule has 19 heavy (non-hydrogen) atoms. The second-order valence-corrected chi connectivity index (χ2v) is 5.55. The lowest BCUT2D eigenvalue weighted by molar-refractivity contribution is 0.0651. The normalized spacial score (nSPS) is 14.4. The Hall–Kier alpha value is -1.64. The van der Waals surface area contributed by atoms with Crippen molar-refractivity contribution in [2.75, 3.05) is 6.54 Å². The molecule has 0 saturated heterocycles. The molecule has 0 unspecified atom stereocenters. The summed E-state index contributed by atoms with van der Waals surface area (Å²) in [7, 11) is 0. The fourth-order valence-electron chi connectivity index (χ4n) is 2.44. The zero-order valence-corrected chi connectivity index (χ0v) is 11.7. The molecule has 1 heterocycles. The molecule has 0 atom stereocenters. The van der Waals surface area contributed by atoms with Crippen LogP contribution in [0.25, 0.3) is 0 Å². The first kappa shape index (κ1) is 13.8. The highest BCUT2D eigenvalue weighted by atomic mass is 16.2. The van der Waals surface area contributed by atoms with Crippen LogP contribution < -0.4 is 0 Å². The van der Waals surface area contributed by atoms with Gasteiger partial charge in [-0.2, -0.15) is 0 Å². The van der Waals surface area contributed by atoms with Crippen LogP contribution in [0.5, 0.6) is 0 Å². The van der Waals surface area contributed by atoms with Crippen molar-refractivity contribution < 1.29 is 9.59 Å². The van der Waals surface area contributed by atoms with Crippen molar-refractivity contribution in [2.24, 2.45) is 5.92 Å². The van der Waals surface area contributed by atoms with E-state index in [1.165, 1.54) is 17.7 Å². The smallest absolute Gasteiger partial charge is 0.261 e. The van der Waals surface area contributed by atoms with Gasteiger partial charge >= 0.3 is 0 Å². The van der Waals surface area contributed by atoms with Crippen molar-refractivity contribution in [1.29, 1.82) is 0 Å². The lowest BCUT2D eigenvalue weighted by atomic mass is 10.1. The fraction of sp³-hybridized carbons (Fsp3) is 0.500. The average molecular weight is 259 g/mol. The number of hydrogen-bond acceptors (Lipinski definition) is 2. The Labute approximate surface area is 114 Å². The van der Waals surface area contributed by atoms with Crippen LogP contribution in [0, 0.1) is 5.92 Å². The SMILES string of the molecule is CC(C)CCCCCN1C(=O)c2ccccc2C1=O. The number of carbonyl (C=O) groups excluding carboxylic acids is 2. The lowest BCUT2D eigenvalue weighted by Gasteiger charge is -2.13. The molecule has 3 heteroatoms. The Morgan fingerprint density at radius 1 is 0.947 bits per heavy atom. The molecule has 1 aliphatic heterocycles. The van der Waals surface area contributed by atoms with E-state index >= 15 is 0 Å². The number of amides is 2. The monoisotopic (exact) mass is 259 g/mol. The van der Waals surface area contributed by atoms with Gasteiger partial charge in [0.25, 0.3) is 11.8 Å². The highest BCUT2D eigenvalue weighted by Crippen LogP contribution is 2.22. The highest BCUT2D eigenvalue weighted by Gasteiger charge is 2.34. The Morgan fingerprint density at radius 3 is 2.05 bits per heavy atom. The summed E-state index contributed by atoms with van der Waals surface area (Å²) in [6, 6.07) is 7.06. The Bertz CT molecular complexity index is 444. The van der Waals surface area contributed by atoms with Crippen LogP contribution in [0.15, 0.2) is 24.3 Å². The van der Waals surface area contributed by atoms with Crippen molar-refractivity contribution in [3.8, 4) is 0 Å². The van der Waals surface area contributed by atoms with E-state index in [2.05, 4.69) is 13.8 Å². The van der Waals surface area contributed by atoms with Gasteiger partial charge in [-0.25, -0.2) is 0 Å². The van der Waals surface area contributed by atoms with E-state index in [1.807, 2.05) is 0 Å². The summed E-state index contributed by atoms with van der Waals surface area (Å²) < 4.78 is 0. The van der Waals surface area contributed by atoms with E-state index in [0.29, 0.717) is 17.7 Å². The molecule has 0 bridgehead atoms. The molecule has 0 fully saturated rings. The molecule has 2 amide bonds. The molecule has 102 valence electrons. The van der Waals surface area contributed by atoms with E-state index in [1.54, 1.807) is 24.3 Å². The molecule has 0 radical (unpaired) electrons. The highest BCUT2D eigenvalue weighted by molar-refractivity contribution is 6.21. The van der Waals surface area contributed by atoms with Crippen LogP contribution in [0.4, 0.5) is 0 Å². The molecule has 3 nitrogen and oxygen atoms in total. The minimum atomic E-state index is -0.135. The first-order valence-corrected chi connectivity index (χ1v) is 7.06. The van der Waals surface area contributed by atoms with Gasteiger partial charge in [-0.05, 0) is 24.5 Å². The number of nitrogens with zero attached hydrogens (tertiary/aromatic N) is 1. The maximum Gasteiger partial charge on any atom is 0.261 e. The number of rotatable bonds is 6. The van der Waals surface area contributed by atoms with Gasteiger partial charge in [0.15, 0.2) is 0 Å². The van der Waals surface area contributed by atoms with Crippen LogP contribution in [0.3, 0.4) is 0 Å². The first-order valence-electron chi connectivity index (χ1n) is 7.06. The number of carbonyl (C=O) groups is 2. The number of benzene rings is 1. The van der Waals surface area contributed by atoms with Gasteiger partial charge in [0.1, 0.15) is 0 Å². The van der Waals surface area contributed by atoms with Crippen molar-refractivity contribution in [3.63, 3.8) is 0 Å². The predicted molar refractivity (Wildman–Crippen MR) is 75.1 cm³/mol. The first-order chi connectivity index (χ1) is 9.11. The van der Waals surface area contributed by atoms with Gasteiger partial charge in [0.05, 0.1) is 11.1 Å². The largest absolute Gasteiger partial charge is 0.274 e. The number of unbranched alkanes of at least 4 members (excludes halogenated alkanes) is 2. The summed E-state index contributed by atoms with van der Waals surface area (Å²) in [4.78, 5) is 25.6. The Kier molecular flexibility index (Phi) is 4.35. The second-order valence-electron chi connectivity index (χ2n) is 5.55. The molecule has 0 aromatic heterocycles. The second kappa shape index (κ2) is 6.00. The Morgan fingerprint density at radius 2 is 1.53 bits per heavy atom. The van der Waals surface area contributed by atoms with Crippen LogP contribution in [0.1, 0.15) is 60.2 Å². The molecule has 0 spiro atoms. The molecular formula is C16H21NO2. The van der Waals surface area contributed by atoms with Crippen LogP contribution in [-0.2, 0) is 0 Å². The molecule has 0 saturated carbocycles. The van der Waals surface area contributed by atoms with Crippen molar-refractivity contribution >= 4 is 11.8 Å². The number of fused-ring (bicyclic) bond motifs is 1. The number of hydrogen-bond donors (Lipinski definition) is 0. The third-order valence-corrected chi connectivity index (χ3v) is 3.54. The zero-order valence-electron chi connectivity index (χ0n) is 11.7. The van der Waals surface area contributed by atoms with Crippen LogP contribution in [-0.4, -0.2) is 23.3 Å². The zero-order chi connectivity index (χ0) is 13.8. The lowest BCUT2D eigenvalue weighted by Crippen LogP contribution is -2.30. The predicted octanol–water partition coefficient (Wildman–Crippen LogP) is 3.50. The van der Waals surface area contributed by atoms with E-state index < -0.39 is 0 Å². The topological polar surface area (TPSA) is 37.4 Å². The van der Waals surface area contributed by atoms with Gasteiger partial charge in [-0.15, -0.1) is 0 Å². The maximum atomic E-state index is 12.1. The summed E-state index contributed by atoms with van der Waals surface area (Å²) in [6.07, 6.45) is 4.35. The van der Waals surface area contributed by atoms with E-state index in [0.717, 1.165) is 18.8 Å². The molecule has 1 aliphatic rings. The molecule has 0 N–H and O–H groups in total. The van der Waals surface area contributed by atoms with E-state index in [-0.39, 0.29) is 11.8 Å². The molecule has 2 rings (SSSR count). The van der Waals surface area contributed by atoms with Crippen molar-refractivity contribution in [2.45, 2.75) is 39.5 Å². The average Bonchev–Trinajstić information content (AvgIpc) is 2.63. The van der Waals surface area contributed by atoms with Gasteiger partial charge in [-0.3, -0.25) is 14.5 Å². The maximum absolute atomic E-state index is 12.1. The van der Waals surface area contributed by atoms with E-state index in [9.17, 15) is 9.59 Å². The summed E-state index contributed by atoms with van der Waals surface area (Å²) in [5.74, 6) is 0.452. The molecular weight excluding hydrogens is 238 g/mol. The molecule has 1 aromatic carbocycles. The summed E-state index contributed by atoms with van der Waals surface area (Å²) in [5, 5.41) is 0. The fourth-order valence-corrected chi connectivity index (χ4v) is 2.44. The van der Waals surface area contributed by atoms with Crippen molar-refractivity contribution in [3.05, 3.63) is 35.4 Å². The Balaban J connectivity index is 1.87. The van der Waals surface area contributed by atoms with Gasteiger partial charge in [-0.1, -0.05) is 45.2 Å². The minimum absolute atomic E-state index is 0.135. The van der Waals surface area contributed by atoms with Gasteiger partial charge in [0, 0.05) is 6.54 Å².